The Bertz CT molecular complexity index is 816. The number of nitrogens with zero attached hydrogens (tertiary/aromatic N) is 2. The SMILES string of the molecule is O=C(NCC1(c2ccccc2)CCOCC1)N1CCN(c2cccc(Cl)c2)CC1. The van der Waals surface area contributed by atoms with Crippen LogP contribution >= 0.6 is 11.6 Å². The van der Waals surface area contributed by atoms with Crippen molar-refractivity contribution in [2.45, 2.75) is 18.3 Å². The number of piperazine rings is 1. The number of hydrogen-bond donors (Lipinski definition) is 1. The largest absolute Gasteiger partial charge is 0.381 e. The number of hydrogen-bond acceptors (Lipinski definition) is 3. The van der Waals surface area contributed by atoms with E-state index in [-0.39, 0.29) is 11.4 Å². The molecule has 0 unspecified atom stereocenters. The van der Waals surface area contributed by atoms with Crippen LogP contribution in [0.5, 0.6) is 0 Å². The minimum atomic E-state index is -0.0439. The van der Waals surface area contributed by atoms with Crippen molar-refractivity contribution in [3.63, 3.8) is 0 Å². The molecule has 0 saturated carbocycles. The van der Waals surface area contributed by atoms with Gasteiger partial charge in [-0.3, -0.25) is 0 Å². The summed E-state index contributed by atoms with van der Waals surface area (Å²) in [7, 11) is 0. The molecular weight excluding hydrogens is 386 g/mol. The van der Waals surface area contributed by atoms with Crippen LogP contribution in [0.4, 0.5) is 10.5 Å². The van der Waals surface area contributed by atoms with Crippen LogP contribution in [0.1, 0.15) is 18.4 Å². The summed E-state index contributed by atoms with van der Waals surface area (Å²) in [5.74, 6) is 0. The summed E-state index contributed by atoms with van der Waals surface area (Å²) >= 11 is 6.11. The third-order valence-electron chi connectivity index (χ3n) is 6.15. The van der Waals surface area contributed by atoms with Gasteiger partial charge in [0, 0.05) is 62.1 Å². The molecule has 2 aliphatic heterocycles. The van der Waals surface area contributed by atoms with E-state index in [0.717, 1.165) is 49.9 Å². The average Bonchev–Trinajstić information content (AvgIpc) is 2.79. The fourth-order valence-corrected chi connectivity index (χ4v) is 4.50. The van der Waals surface area contributed by atoms with E-state index in [2.05, 4.69) is 40.5 Å². The van der Waals surface area contributed by atoms with Crippen molar-refractivity contribution >= 4 is 23.3 Å². The molecule has 0 aromatic heterocycles. The lowest BCUT2D eigenvalue weighted by Crippen LogP contribution is -2.54. The Hall–Kier alpha value is -2.24. The van der Waals surface area contributed by atoms with Crippen LogP contribution in [0.2, 0.25) is 5.02 Å². The first-order valence-electron chi connectivity index (χ1n) is 10.3. The molecule has 5 nitrogen and oxygen atoms in total. The Balaban J connectivity index is 1.34. The van der Waals surface area contributed by atoms with Crippen molar-refractivity contribution < 1.29 is 9.53 Å². The molecule has 2 saturated heterocycles. The molecule has 2 fully saturated rings. The Morgan fingerprint density at radius 2 is 1.72 bits per heavy atom. The molecule has 29 heavy (non-hydrogen) atoms. The number of ether oxygens (including phenoxy) is 1. The lowest BCUT2D eigenvalue weighted by atomic mass is 9.74. The second-order valence-electron chi connectivity index (χ2n) is 7.87. The van der Waals surface area contributed by atoms with Crippen molar-refractivity contribution in [3.8, 4) is 0 Å². The van der Waals surface area contributed by atoms with E-state index in [1.165, 1.54) is 5.56 Å². The molecule has 0 bridgehead atoms. The molecular formula is C23H28ClN3O2. The van der Waals surface area contributed by atoms with Crippen molar-refractivity contribution in [2.24, 2.45) is 0 Å². The Labute approximate surface area is 177 Å². The molecule has 4 rings (SSSR count). The fourth-order valence-electron chi connectivity index (χ4n) is 4.32. The van der Waals surface area contributed by atoms with E-state index in [4.69, 9.17) is 16.3 Å². The van der Waals surface area contributed by atoms with Crippen LogP contribution in [-0.2, 0) is 10.2 Å². The standard InChI is InChI=1S/C23H28ClN3O2/c24-20-7-4-8-21(17-20)26-11-13-27(14-12-26)22(28)25-18-23(9-15-29-16-10-23)19-5-2-1-3-6-19/h1-8,17H,9-16,18H2,(H,25,28). The summed E-state index contributed by atoms with van der Waals surface area (Å²) in [5, 5.41) is 3.96. The Kier molecular flexibility index (Phi) is 6.26. The normalized spacial score (nSPS) is 19.1. The molecule has 154 valence electrons. The van der Waals surface area contributed by atoms with E-state index in [9.17, 15) is 4.79 Å². The van der Waals surface area contributed by atoms with Crippen molar-refractivity contribution in [1.29, 1.82) is 0 Å². The number of rotatable bonds is 4. The lowest BCUT2D eigenvalue weighted by Gasteiger charge is -2.40. The zero-order valence-electron chi connectivity index (χ0n) is 16.6. The van der Waals surface area contributed by atoms with Crippen LogP contribution in [0.3, 0.4) is 0 Å². The zero-order valence-corrected chi connectivity index (χ0v) is 17.4. The minimum Gasteiger partial charge on any atom is -0.381 e. The van der Waals surface area contributed by atoms with E-state index in [1.54, 1.807) is 0 Å². The molecule has 2 amide bonds. The number of anilines is 1. The van der Waals surface area contributed by atoms with Gasteiger partial charge in [0.05, 0.1) is 0 Å². The van der Waals surface area contributed by atoms with Gasteiger partial charge in [0.1, 0.15) is 0 Å². The van der Waals surface area contributed by atoms with Crippen LogP contribution in [-0.4, -0.2) is 56.9 Å². The van der Waals surface area contributed by atoms with Crippen molar-refractivity contribution in [1.82, 2.24) is 10.2 Å². The quantitative estimate of drug-likeness (QED) is 0.826. The van der Waals surface area contributed by atoms with Crippen LogP contribution < -0.4 is 10.2 Å². The summed E-state index contributed by atoms with van der Waals surface area (Å²) in [6.07, 6.45) is 1.86. The van der Waals surface area contributed by atoms with E-state index in [1.807, 2.05) is 29.2 Å². The summed E-state index contributed by atoms with van der Waals surface area (Å²) < 4.78 is 5.59. The average molecular weight is 414 g/mol. The Morgan fingerprint density at radius 1 is 1.00 bits per heavy atom. The number of carbonyl (C=O) groups excluding carboxylic acids is 1. The van der Waals surface area contributed by atoms with Gasteiger partial charge in [-0.2, -0.15) is 0 Å². The zero-order chi connectivity index (χ0) is 20.1. The maximum Gasteiger partial charge on any atom is 0.317 e. The highest BCUT2D eigenvalue weighted by Gasteiger charge is 2.35. The molecule has 0 spiro atoms. The molecule has 2 aromatic carbocycles. The fraction of sp³-hybridized carbons (Fsp3) is 0.435. The smallest absolute Gasteiger partial charge is 0.317 e. The second kappa shape index (κ2) is 9.06. The third-order valence-corrected chi connectivity index (χ3v) is 6.39. The van der Waals surface area contributed by atoms with Crippen molar-refractivity contribution in [3.05, 3.63) is 65.2 Å². The molecule has 1 N–H and O–H groups in total. The molecule has 0 radical (unpaired) electrons. The predicted octanol–water partition coefficient (Wildman–Crippen LogP) is 3.92. The summed E-state index contributed by atoms with van der Waals surface area (Å²) in [5.41, 5.74) is 2.36. The highest BCUT2D eigenvalue weighted by atomic mass is 35.5. The maximum absolute atomic E-state index is 12.9. The van der Waals surface area contributed by atoms with Gasteiger partial charge in [-0.25, -0.2) is 4.79 Å². The monoisotopic (exact) mass is 413 g/mol. The number of benzene rings is 2. The van der Waals surface area contributed by atoms with Crippen LogP contribution in [0.25, 0.3) is 0 Å². The van der Waals surface area contributed by atoms with Gasteiger partial charge in [-0.05, 0) is 36.6 Å². The van der Waals surface area contributed by atoms with Gasteiger partial charge in [0.2, 0.25) is 0 Å². The number of amides is 2. The first-order valence-corrected chi connectivity index (χ1v) is 10.7. The molecule has 2 aromatic rings. The van der Waals surface area contributed by atoms with E-state index in [0.29, 0.717) is 19.6 Å². The van der Waals surface area contributed by atoms with Gasteiger partial charge in [-0.1, -0.05) is 48.0 Å². The molecule has 0 aliphatic carbocycles. The molecule has 0 atom stereocenters. The molecule has 6 heteroatoms. The van der Waals surface area contributed by atoms with Gasteiger partial charge >= 0.3 is 6.03 Å². The first-order chi connectivity index (χ1) is 14.2. The summed E-state index contributed by atoms with van der Waals surface area (Å²) in [6.45, 7) is 5.16. The predicted molar refractivity (Wildman–Crippen MR) is 117 cm³/mol. The highest BCUT2D eigenvalue weighted by Crippen LogP contribution is 2.34. The summed E-state index contributed by atoms with van der Waals surface area (Å²) in [4.78, 5) is 17.0. The van der Waals surface area contributed by atoms with E-state index >= 15 is 0 Å². The Morgan fingerprint density at radius 3 is 2.41 bits per heavy atom. The van der Waals surface area contributed by atoms with Gasteiger partial charge in [0.15, 0.2) is 0 Å². The minimum absolute atomic E-state index is 0.0255. The summed E-state index contributed by atoms with van der Waals surface area (Å²) in [6, 6.07) is 18.4. The van der Waals surface area contributed by atoms with Crippen molar-refractivity contribution in [2.75, 3.05) is 50.8 Å². The molecule has 2 aliphatic rings. The topological polar surface area (TPSA) is 44.8 Å². The van der Waals surface area contributed by atoms with Gasteiger partial charge in [-0.15, -0.1) is 0 Å². The maximum atomic E-state index is 12.9. The third kappa shape index (κ3) is 4.68. The van der Waals surface area contributed by atoms with Crippen LogP contribution in [0, 0.1) is 0 Å². The van der Waals surface area contributed by atoms with E-state index < -0.39 is 0 Å². The van der Waals surface area contributed by atoms with Gasteiger partial charge < -0.3 is 19.9 Å². The number of urea groups is 1. The van der Waals surface area contributed by atoms with Gasteiger partial charge in [0.25, 0.3) is 0 Å². The highest BCUT2D eigenvalue weighted by molar-refractivity contribution is 6.30. The lowest BCUT2D eigenvalue weighted by molar-refractivity contribution is 0.0501. The number of nitrogens with one attached hydrogen (secondary N) is 1. The number of halogens is 1. The molecule has 2 heterocycles. The van der Waals surface area contributed by atoms with Crippen LogP contribution in [0.15, 0.2) is 54.6 Å². The number of carbonyl (C=O) groups is 1. The first kappa shape index (κ1) is 20.0. The second-order valence-corrected chi connectivity index (χ2v) is 8.31.